The van der Waals surface area contributed by atoms with Crippen LogP contribution in [0.15, 0.2) is 60.2 Å². The van der Waals surface area contributed by atoms with Gasteiger partial charge in [-0.05, 0) is 18.4 Å². The first kappa shape index (κ1) is 19.8. The Kier molecular flexibility index (Phi) is 5.33. The molecule has 0 aromatic heterocycles. The molecule has 0 bridgehead atoms. The average molecular weight is 408 g/mol. The minimum atomic E-state index is -0.936. The van der Waals surface area contributed by atoms with E-state index in [4.69, 9.17) is 4.74 Å². The Morgan fingerprint density at radius 2 is 1.93 bits per heavy atom. The molecule has 2 fully saturated rings. The molecule has 2 saturated heterocycles. The highest BCUT2D eigenvalue weighted by molar-refractivity contribution is 6.46. The predicted octanol–water partition coefficient (Wildman–Crippen LogP) is 3.20. The van der Waals surface area contributed by atoms with Crippen molar-refractivity contribution in [2.24, 2.45) is 0 Å². The van der Waals surface area contributed by atoms with Gasteiger partial charge < -0.3 is 14.7 Å². The highest BCUT2D eigenvalue weighted by Gasteiger charge is 2.47. The van der Waals surface area contributed by atoms with E-state index >= 15 is 0 Å². The number of aliphatic hydroxyl groups is 1. The van der Waals surface area contributed by atoms with E-state index in [-0.39, 0.29) is 29.7 Å². The molecule has 2 aliphatic heterocycles. The average Bonchev–Trinajstić information content (AvgIpc) is 3.36. The number of non-ortho nitro benzene ring substituents is 1. The topological polar surface area (TPSA) is 110 Å². The summed E-state index contributed by atoms with van der Waals surface area (Å²) in [5.74, 6) is -1.87. The van der Waals surface area contributed by atoms with Crippen molar-refractivity contribution in [3.8, 4) is 0 Å². The minimum absolute atomic E-state index is 0.0790. The summed E-state index contributed by atoms with van der Waals surface area (Å²) in [6.07, 6.45) is 1.39. The molecule has 0 aliphatic carbocycles. The van der Waals surface area contributed by atoms with Crippen LogP contribution in [0.4, 0.5) is 5.69 Å². The van der Waals surface area contributed by atoms with Crippen molar-refractivity contribution in [2.45, 2.75) is 25.0 Å². The largest absolute Gasteiger partial charge is 0.507 e. The van der Waals surface area contributed by atoms with E-state index in [0.717, 1.165) is 12.8 Å². The van der Waals surface area contributed by atoms with Crippen molar-refractivity contribution in [2.75, 3.05) is 13.2 Å². The molecule has 154 valence electrons. The van der Waals surface area contributed by atoms with Crippen LogP contribution in [-0.4, -0.2) is 45.9 Å². The van der Waals surface area contributed by atoms with Crippen LogP contribution in [0.1, 0.15) is 30.0 Å². The molecule has 4 rings (SSSR count). The molecular weight excluding hydrogens is 388 g/mol. The zero-order chi connectivity index (χ0) is 21.3. The smallest absolute Gasteiger partial charge is 0.295 e. The second-order valence-corrected chi connectivity index (χ2v) is 7.30. The Morgan fingerprint density at radius 1 is 1.17 bits per heavy atom. The highest BCUT2D eigenvalue weighted by Crippen LogP contribution is 2.40. The normalized spacial score (nSPS) is 23.1. The van der Waals surface area contributed by atoms with Crippen LogP contribution in [0.5, 0.6) is 0 Å². The van der Waals surface area contributed by atoms with E-state index in [2.05, 4.69) is 0 Å². The molecule has 8 heteroatoms. The van der Waals surface area contributed by atoms with Gasteiger partial charge in [0.2, 0.25) is 0 Å². The Balaban J connectivity index is 1.85. The van der Waals surface area contributed by atoms with Crippen molar-refractivity contribution in [3.63, 3.8) is 0 Å². The number of nitrogens with zero attached hydrogens (tertiary/aromatic N) is 2. The number of rotatable bonds is 5. The number of nitro groups is 1. The molecule has 1 amide bonds. The highest BCUT2D eigenvalue weighted by atomic mass is 16.6. The van der Waals surface area contributed by atoms with E-state index in [9.17, 15) is 24.8 Å². The number of hydrogen-bond acceptors (Lipinski definition) is 6. The Labute approximate surface area is 172 Å². The number of likely N-dealkylation sites (tertiary alicyclic amines) is 1. The molecule has 0 spiro atoms. The maximum absolute atomic E-state index is 12.9. The number of carbonyl (C=O) groups is 2. The molecule has 30 heavy (non-hydrogen) atoms. The number of benzene rings is 2. The van der Waals surface area contributed by atoms with Gasteiger partial charge in [0.25, 0.3) is 17.4 Å². The van der Waals surface area contributed by atoms with Crippen molar-refractivity contribution in [1.29, 1.82) is 0 Å². The fourth-order valence-corrected chi connectivity index (χ4v) is 3.98. The lowest BCUT2D eigenvalue weighted by molar-refractivity contribution is -0.384. The second kappa shape index (κ2) is 8.08. The van der Waals surface area contributed by atoms with Crippen LogP contribution >= 0.6 is 0 Å². The summed E-state index contributed by atoms with van der Waals surface area (Å²) >= 11 is 0. The third-order valence-corrected chi connectivity index (χ3v) is 5.41. The third kappa shape index (κ3) is 3.57. The Morgan fingerprint density at radius 3 is 2.60 bits per heavy atom. The number of amides is 1. The molecule has 2 atom stereocenters. The summed E-state index contributed by atoms with van der Waals surface area (Å²) in [6.45, 7) is 0.754. The van der Waals surface area contributed by atoms with Gasteiger partial charge in [-0.3, -0.25) is 19.7 Å². The lowest BCUT2D eigenvalue weighted by Crippen LogP contribution is -2.36. The molecule has 2 aromatic carbocycles. The van der Waals surface area contributed by atoms with Gasteiger partial charge >= 0.3 is 0 Å². The molecule has 1 N–H and O–H groups in total. The number of ketones is 1. The van der Waals surface area contributed by atoms with Gasteiger partial charge in [-0.1, -0.05) is 42.5 Å². The Hall–Kier alpha value is -3.52. The van der Waals surface area contributed by atoms with E-state index in [1.54, 1.807) is 36.4 Å². The fourth-order valence-electron chi connectivity index (χ4n) is 3.98. The van der Waals surface area contributed by atoms with E-state index < -0.39 is 22.7 Å². The maximum Gasteiger partial charge on any atom is 0.295 e. The standard InChI is InChI=1S/C22H20N2O6/c25-20(14-6-2-1-3-7-14)18-19(15-8-4-9-16(12-15)24(28)29)23(22(27)21(18)26)13-17-10-5-11-30-17/h1-4,6-9,12,17,19,25H,5,10-11,13H2/t17-,19+/m1/s1. The number of aliphatic hydroxyl groups excluding tert-OH is 1. The summed E-state index contributed by atoms with van der Waals surface area (Å²) in [7, 11) is 0. The van der Waals surface area contributed by atoms with Crippen LogP contribution in [-0.2, 0) is 14.3 Å². The first-order valence-corrected chi connectivity index (χ1v) is 9.67. The van der Waals surface area contributed by atoms with E-state index in [0.29, 0.717) is 17.7 Å². The lowest BCUT2D eigenvalue weighted by Gasteiger charge is -2.27. The summed E-state index contributed by atoms with van der Waals surface area (Å²) in [4.78, 5) is 37.9. The number of Topliss-reactive ketones (excluding diaryl/α,β-unsaturated/α-hetero) is 1. The van der Waals surface area contributed by atoms with Gasteiger partial charge in [0.1, 0.15) is 5.76 Å². The maximum atomic E-state index is 12.9. The summed E-state index contributed by atoms with van der Waals surface area (Å²) in [5.41, 5.74) is 0.543. The fraction of sp³-hybridized carbons (Fsp3) is 0.273. The van der Waals surface area contributed by atoms with Crippen LogP contribution < -0.4 is 0 Å². The van der Waals surface area contributed by atoms with Gasteiger partial charge in [-0.2, -0.15) is 0 Å². The van der Waals surface area contributed by atoms with Gasteiger partial charge in [0.15, 0.2) is 0 Å². The first-order chi connectivity index (χ1) is 14.5. The molecule has 0 radical (unpaired) electrons. The number of carbonyl (C=O) groups excluding carboxylic acids is 2. The van der Waals surface area contributed by atoms with Gasteiger partial charge in [0.05, 0.1) is 22.6 Å². The van der Waals surface area contributed by atoms with Crippen molar-refractivity contribution in [1.82, 2.24) is 4.90 Å². The molecule has 2 aliphatic rings. The predicted molar refractivity (Wildman–Crippen MR) is 108 cm³/mol. The SMILES string of the molecule is O=C1C(=O)N(C[C@H]2CCCO2)[C@@H](c2cccc([N+](=O)[O-])c2)C1=C(O)c1ccccc1. The summed E-state index contributed by atoms with van der Waals surface area (Å²) in [5, 5.41) is 22.2. The van der Waals surface area contributed by atoms with Gasteiger partial charge in [0, 0.05) is 30.8 Å². The number of hydrogen-bond donors (Lipinski definition) is 1. The summed E-state index contributed by atoms with van der Waals surface area (Å²) < 4.78 is 5.63. The van der Waals surface area contributed by atoms with Crippen LogP contribution in [0.2, 0.25) is 0 Å². The molecule has 0 saturated carbocycles. The first-order valence-electron chi connectivity index (χ1n) is 9.67. The Bertz CT molecular complexity index is 1030. The number of ether oxygens (including phenoxy) is 1. The zero-order valence-electron chi connectivity index (χ0n) is 16.1. The van der Waals surface area contributed by atoms with Gasteiger partial charge in [-0.15, -0.1) is 0 Å². The monoisotopic (exact) mass is 408 g/mol. The summed E-state index contributed by atoms with van der Waals surface area (Å²) in [6, 6.07) is 13.3. The zero-order valence-corrected chi connectivity index (χ0v) is 16.1. The van der Waals surface area contributed by atoms with Gasteiger partial charge in [-0.25, -0.2) is 0 Å². The molecule has 0 unspecified atom stereocenters. The molecule has 8 nitrogen and oxygen atoms in total. The van der Waals surface area contributed by atoms with Crippen LogP contribution in [0, 0.1) is 10.1 Å². The molecule has 2 aromatic rings. The van der Waals surface area contributed by atoms with Crippen molar-refractivity contribution in [3.05, 3.63) is 81.4 Å². The lowest BCUT2D eigenvalue weighted by atomic mass is 9.95. The molecular formula is C22H20N2O6. The minimum Gasteiger partial charge on any atom is -0.507 e. The quantitative estimate of drug-likeness (QED) is 0.267. The van der Waals surface area contributed by atoms with Crippen molar-refractivity contribution >= 4 is 23.1 Å². The van der Waals surface area contributed by atoms with E-state index in [1.165, 1.54) is 23.1 Å². The van der Waals surface area contributed by atoms with Crippen molar-refractivity contribution < 1.29 is 24.4 Å². The van der Waals surface area contributed by atoms with Crippen LogP contribution in [0.25, 0.3) is 5.76 Å². The molecule has 2 heterocycles. The number of nitro benzene ring substituents is 1. The third-order valence-electron chi connectivity index (χ3n) is 5.41. The van der Waals surface area contributed by atoms with Crippen LogP contribution in [0.3, 0.4) is 0 Å². The van der Waals surface area contributed by atoms with E-state index in [1.807, 2.05) is 0 Å². The second-order valence-electron chi connectivity index (χ2n) is 7.30.